The molecule has 1 aromatic heterocycles. The van der Waals surface area contributed by atoms with E-state index < -0.39 is 15.7 Å². The minimum absolute atomic E-state index is 0.0183. The summed E-state index contributed by atoms with van der Waals surface area (Å²) in [6, 6.07) is 1.71. The molecule has 0 spiro atoms. The van der Waals surface area contributed by atoms with Crippen LogP contribution in [0.3, 0.4) is 0 Å². The van der Waals surface area contributed by atoms with Crippen molar-refractivity contribution in [1.29, 1.82) is 0 Å². The first-order valence-corrected chi connectivity index (χ1v) is 9.73. The molecule has 0 aliphatic carbocycles. The van der Waals surface area contributed by atoms with Crippen LogP contribution >= 0.6 is 0 Å². The van der Waals surface area contributed by atoms with E-state index >= 15 is 0 Å². The number of primary amides is 1. The van der Waals surface area contributed by atoms with Gasteiger partial charge in [0.2, 0.25) is 0 Å². The van der Waals surface area contributed by atoms with E-state index in [1.165, 1.54) is 0 Å². The van der Waals surface area contributed by atoms with E-state index in [-0.39, 0.29) is 28.7 Å². The average molecular weight is 342 g/mol. The van der Waals surface area contributed by atoms with Gasteiger partial charge in [-0.3, -0.25) is 9.69 Å². The van der Waals surface area contributed by atoms with Gasteiger partial charge in [-0.25, -0.2) is 8.42 Å². The zero-order chi connectivity index (χ0) is 17.4. The van der Waals surface area contributed by atoms with Crippen LogP contribution in [-0.2, 0) is 21.8 Å². The lowest BCUT2D eigenvalue weighted by Gasteiger charge is -2.27. The molecule has 2 rings (SSSR count). The summed E-state index contributed by atoms with van der Waals surface area (Å²) in [5, 5.41) is 0. The summed E-state index contributed by atoms with van der Waals surface area (Å²) in [5.74, 6) is 0.739. The van der Waals surface area contributed by atoms with Crippen molar-refractivity contribution in [2.45, 2.75) is 52.1 Å². The highest BCUT2D eigenvalue weighted by atomic mass is 32.2. The topological polar surface area (TPSA) is 93.6 Å². The molecule has 1 fully saturated rings. The molecule has 7 heteroatoms. The number of hydrogen-bond donors (Lipinski definition) is 1. The van der Waals surface area contributed by atoms with Crippen LogP contribution in [0.5, 0.6) is 0 Å². The number of amides is 1. The van der Waals surface area contributed by atoms with Gasteiger partial charge in [-0.05, 0) is 19.0 Å². The quantitative estimate of drug-likeness (QED) is 0.879. The third kappa shape index (κ3) is 4.14. The minimum atomic E-state index is -2.93. The van der Waals surface area contributed by atoms with Gasteiger partial charge in [0.25, 0.3) is 5.91 Å². The number of carbonyl (C=O) groups is 1. The molecule has 1 atom stereocenters. The summed E-state index contributed by atoms with van der Waals surface area (Å²) in [4.78, 5) is 13.6. The fourth-order valence-electron chi connectivity index (χ4n) is 3.08. The zero-order valence-electron chi connectivity index (χ0n) is 14.3. The fourth-order valence-corrected chi connectivity index (χ4v) is 4.85. The van der Waals surface area contributed by atoms with Crippen molar-refractivity contribution in [2.24, 2.45) is 5.73 Å². The molecule has 1 unspecified atom stereocenters. The maximum Gasteiger partial charge on any atom is 0.284 e. The fraction of sp³-hybridized carbons (Fsp3) is 0.688. The van der Waals surface area contributed by atoms with Crippen LogP contribution in [0.15, 0.2) is 10.5 Å². The normalized spacial score (nSPS) is 21.0. The molecule has 2 heterocycles. The Hall–Kier alpha value is -1.34. The van der Waals surface area contributed by atoms with Crippen LogP contribution in [0, 0.1) is 0 Å². The molecule has 0 aromatic carbocycles. The summed E-state index contributed by atoms with van der Waals surface area (Å²) >= 11 is 0. The van der Waals surface area contributed by atoms with Crippen LogP contribution in [0.25, 0.3) is 0 Å². The molecule has 0 radical (unpaired) electrons. The molecule has 6 nitrogen and oxygen atoms in total. The summed E-state index contributed by atoms with van der Waals surface area (Å²) < 4.78 is 29.1. The molecular weight excluding hydrogens is 316 g/mol. The van der Waals surface area contributed by atoms with Crippen LogP contribution in [0.2, 0.25) is 0 Å². The smallest absolute Gasteiger partial charge is 0.284 e. The highest BCUT2D eigenvalue weighted by Crippen LogP contribution is 2.31. The first-order chi connectivity index (χ1) is 10.5. The SMILES string of the molecule is CCN(Cc1cc(C(N)=O)oc1C(C)(C)C)C1CCS(=O)(=O)C1. The molecule has 0 bridgehead atoms. The Morgan fingerprint density at radius 1 is 1.43 bits per heavy atom. The Morgan fingerprint density at radius 3 is 2.52 bits per heavy atom. The summed E-state index contributed by atoms with van der Waals surface area (Å²) in [5.41, 5.74) is 5.98. The first kappa shape index (κ1) is 18.0. The molecular formula is C16H26N2O4S. The Kier molecular flexibility index (Phi) is 4.92. The standard InChI is InChI=1S/C16H26N2O4S/c1-5-18(12-6-7-23(20,21)10-12)9-11-8-13(15(17)19)22-14(11)16(2,3)4/h8,12H,5-7,9-10H2,1-4H3,(H2,17,19). The number of furan rings is 1. The van der Waals surface area contributed by atoms with E-state index in [0.29, 0.717) is 13.0 Å². The van der Waals surface area contributed by atoms with Crippen LogP contribution in [0.4, 0.5) is 0 Å². The van der Waals surface area contributed by atoms with Crippen molar-refractivity contribution < 1.29 is 17.6 Å². The second-order valence-electron chi connectivity index (χ2n) is 7.20. The van der Waals surface area contributed by atoms with Crippen molar-refractivity contribution >= 4 is 15.7 Å². The van der Waals surface area contributed by atoms with Crippen LogP contribution in [-0.4, -0.2) is 43.3 Å². The maximum absolute atomic E-state index is 11.7. The molecule has 130 valence electrons. The van der Waals surface area contributed by atoms with Crippen LogP contribution in [0.1, 0.15) is 56.0 Å². The summed E-state index contributed by atoms with van der Waals surface area (Å²) in [6.45, 7) is 9.33. The number of carbonyl (C=O) groups excluding carboxylic acids is 1. The Bertz CT molecular complexity index is 685. The minimum Gasteiger partial charge on any atom is -0.455 e. The number of nitrogens with zero attached hydrogens (tertiary/aromatic N) is 1. The van der Waals surface area contributed by atoms with Gasteiger partial charge < -0.3 is 10.2 Å². The van der Waals surface area contributed by atoms with E-state index in [4.69, 9.17) is 10.2 Å². The maximum atomic E-state index is 11.7. The van der Waals surface area contributed by atoms with Gasteiger partial charge in [0.1, 0.15) is 5.76 Å². The molecule has 1 aromatic rings. The molecule has 2 N–H and O–H groups in total. The van der Waals surface area contributed by atoms with E-state index in [1.54, 1.807) is 6.07 Å². The second kappa shape index (κ2) is 6.28. The zero-order valence-corrected chi connectivity index (χ0v) is 15.1. The van der Waals surface area contributed by atoms with Gasteiger partial charge in [-0.1, -0.05) is 27.7 Å². The predicted molar refractivity (Wildman–Crippen MR) is 89.1 cm³/mol. The average Bonchev–Trinajstić information content (AvgIpc) is 2.99. The van der Waals surface area contributed by atoms with Gasteiger partial charge >= 0.3 is 0 Å². The second-order valence-corrected chi connectivity index (χ2v) is 9.43. The Morgan fingerprint density at radius 2 is 2.09 bits per heavy atom. The summed E-state index contributed by atoms with van der Waals surface area (Å²) in [6.07, 6.45) is 0.654. The van der Waals surface area contributed by atoms with Gasteiger partial charge in [-0.15, -0.1) is 0 Å². The third-order valence-corrected chi connectivity index (χ3v) is 5.99. The monoisotopic (exact) mass is 342 g/mol. The lowest BCUT2D eigenvalue weighted by atomic mass is 9.90. The van der Waals surface area contributed by atoms with E-state index in [1.807, 2.05) is 27.7 Å². The van der Waals surface area contributed by atoms with Gasteiger partial charge in [0, 0.05) is 23.6 Å². The van der Waals surface area contributed by atoms with Crippen molar-refractivity contribution in [3.05, 3.63) is 23.2 Å². The highest BCUT2D eigenvalue weighted by Gasteiger charge is 2.33. The van der Waals surface area contributed by atoms with Crippen molar-refractivity contribution in [2.75, 3.05) is 18.1 Å². The predicted octanol–water partition coefficient (Wildman–Crippen LogP) is 1.69. The van der Waals surface area contributed by atoms with Crippen molar-refractivity contribution in [3.63, 3.8) is 0 Å². The van der Waals surface area contributed by atoms with Gasteiger partial charge in [0.15, 0.2) is 15.6 Å². The Labute approximate surface area is 137 Å². The van der Waals surface area contributed by atoms with Gasteiger partial charge in [0.05, 0.1) is 11.5 Å². The Balaban J connectivity index is 2.28. The van der Waals surface area contributed by atoms with Crippen LogP contribution < -0.4 is 5.73 Å². The molecule has 0 saturated carbocycles. The van der Waals surface area contributed by atoms with E-state index in [9.17, 15) is 13.2 Å². The first-order valence-electron chi connectivity index (χ1n) is 7.91. The number of sulfone groups is 1. The molecule has 23 heavy (non-hydrogen) atoms. The highest BCUT2D eigenvalue weighted by molar-refractivity contribution is 7.91. The summed E-state index contributed by atoms with van der Waals surface area (Å²) in [7, 11) is -2.93. The van der Waals surface area contributed by atoms with E-state index in [2.05, 4.69) is 4.90 Å². The molecule has 1 saturated heterocycles. The molecule has 1 aliphatic heterocycles. The molecule has 1 amide bonds. The van der Waals surface area contributed by atoms with Crippen molar-refractivity contribution in [1.82, 2.24) is 4.90 Å². The lowest BCUT2D eigenvalue weighted by Crippen LogP contribution is -2.36. The third-order valence-electron chi connectivity index (χ3n) is 4.24. The number of rotatable bonds is 5. The van der Waals surface area contributed by atoms with Gasteiger partial charge in [-0.2, -0.15) is 0 Å². The number of nitrogens with two attached hydrogens (primary N) is 1. The number of hydrogen-bond acceptors (Lipinski definition) is 5. The largest absolute Gasteiger partial charge is 0.455 e. The lowest BCUT2D eigenvalue weighted by molar-refractivity contribution is 0.0970. The van der Waals surface area contributed by atoms with Crippen molar-refractivity contribution in [3.8, 4) is 0 Å². The van der Waals surface area contributed by atoms with E-state index in [0.717, 1.165) is 17.9 Å². The molecule has 1 aliphatic rings.